The van der Waals surface area contributed by atoms with Gasteiger partial charge in [0.25, 0.3) is 0 Å². The van der Waals surface area contributed by atoms with Crippen LogP contribution >= 0.6 is 0 Å². The number of hydrogen-bond donors (Lipinski definition) is 2. The second-order valence-electron chi connectivity index (χ2n) is 5.16. The topological polar surface area (TPSA) is 71.3 Å². The first kappa shape index (κ1) is 12.9. The van der Waals surface area contributed by atoms with Gasteiger partial charge in [-0.05, 0) is 31.4 Å². The van der Waals surface area contributed by atoms with E-state index in [0.29, 0.717) is 5.95 Å². The van der Waals surface area contributed by atoms with Crippen molar-refractivity contribution < 1.29 is 4.79 Å². The molecule has 2 aromatic rings. The third-order valence-corrected chi connectivity index (χ3v) is 3.38. The molecular formula is C14H19N5O. The molecular weight excluding hydrogens is 254 g/mol. The first-order valence-corrected chi connectivity index (χ1v) is 7.18. The van der Waals surface area contributed by atoms with Crippen molar-refractivity contribution in [1.29, 1.82) is 0 Å². The minimum absolute atomic E-state index is 0.0291. The van der Waals surface area contributed by atoms with Crippen LogP contribution in [0.3, 0.4) is 0 Å². The minimum Gasteiger partial charge on any atom is -0.370 e. The van der Waals surface area contributed by atoms with E-state index in [9.17, 15) is 4.79 Å². The zero-order valence-corrected chi connectivity index (χ0v) is 11.6. The standard InChI is InChI=1S/C14H19N5O/c1-2-3-9-15-11-5-4-6-12-16-14(18-19(11)12)17-13(20)10-7-8-10/h4-6,10,15H,2-3,7-9H2,1H3,(H,17,18,20). The summed E-state index contributed by atoms with van der Waals surface area (Å²) in [5, 5.41) is 10.5. The average Bonchev–Trinajstić information content (AvgIpc) is 3.20. The van der Waals surface area contributed by atoms with Crippen LogP contribution in [0.2, 0.25) is 0 Å². The molecule has 2 aromatic heterocycles. The van der Waals surface area contributed by atoms with Crippen LogP contribution in [0.15, 0.2) is 18.2 Å². The molecule has 0 bridgehead atoms. The van der Waals surface area contributed by atoms with Crippen LogP contribution in [0, 0.1) is 5.92 Å². The lowest BCUT2D eigenvalue weighted by Crippen LogP contribution is -2.14. The number of rotatable bonds is 6. The first-order chi connectivity index (χ1) is 9.78. The molecule has 2 heterocycles. The van der Waals surface area contributed by atoms with Crippen molar-refractivity contribution >= 4 is 23.3 Å². The molecule has 2 N–H and O–H groups in total. The third kappa shape index (κ3) is 2.74. The SMILES string of the molecule is CCCCNc1cccc2nc(NC(=O)C3CC3)nn12. The molecule has 0 atom stereocenters. The highest BCUT2D eigenvalue weighted by atomic mass is 16.2. The highest BCUT2D eigenvalue weighted by Gasteiger charge is 2.30. The number of fused-ring (bicyclic) bond motifs is 1. The fourth-order valence-corrected chi connectivity index (χ4v) is 2.04. The summed E-state index contributed by atoms with van der Waals surface area (Å²) in [6.07, 6.45) is 4.20. The van der Waals surface area contributed by atoms with Crippen LogP contribution in [0.1, 0.15) is 32.6 Å². The Morgan fingerprint density at radius 3 is 3.05 bits per heavy atom. The molecule has 6 heteroatoms. The van der Waals surface area contributed by atoms with Gasteiger partial charge in [0.05, 0.1) is 0 Å². The van der Waals surface area contributed by atoms with Crippen LogP contribution in [-0.4, -0.2) is 27.0 Å². The molecule has 1 amide bonds. The number of unbranched alkanes of at least 4 members (excludes halogenated alkanes) is 1. The Kier molecular flexibility index (Phi) is 3.54. The number of carbonyl (C=O) groups excluding carboxylic acids is 1. The Morgan fingerprint density at radius 2 is 2.30 bits per heavy atom. The van der Waals surface area contributed by atoms with Gasteiger partial charge in [-0.2, -0.15) is 9.50 Å². The maximum Gasteiger partial charge on any atom is 0.249 e. The molecule has 0 spiro atoms. The van der Waals surface area contributed by atoms with E-state index < -0.39 is 0 Å². The van der Waals surface area contributed by atoms with Gasteiger partial charge in [-0.3, -0.25) is 10.1 Å². The summed E-state index contributed by atoms with van der Waals surface area (Å²) in [6, 6.07) is 5.78. The molecule has 1 aliphatic rings. The van der Waals surface area contributed by atoms with Gasteiger partial charge < -0.3 is 5.32 Å². The second-order valence-corrected chi connectivity index (χ2v) is 5.16. The minimum atomic E-state index is 0.0291. The number of pyridine rings is 1. The molecule has 3 rings (SSSR count). The van der Waals surface area contributed by atoms with Crippen LogP contribution in [0.4, 0.5) is 11.8 Å². The number of carbonyl (C=O) groups is 1. The average molecular weight is 273 g/mol. The molecule has 20 heavy (non-hydrogen) atoms. The lowest BCUT2D eigenvalue weighted by atomic mass is 10.3. The van der Waals surface area contributed by atoms with E-state index in [1.54, 1.807) is 4.52 Å². The van der Waals surface area contributed by atoms with Gasteiger partial charge in [0.15, 0.2) is 5.65 Å². The van der Waals surface area contributed by atoms with Crippen LogP contribution < -0.4 is 10.6 Å². The smallest absolute Gasteiger partial charge is 0.249 e. The second kappa shape index (κ2) is 5.48. The third-order valence-electron chi connectivity index (χ3n) is 3.38. The lowest BCUT2D eigenvalue weighted by molar-refractivity contribution is -0.117. The number of nitrogens with one attached hydrogen (secondary N) is 2. The highest BCUT2D eigenvalue weighted by molar-refractivity contribution is 5.92. The molecule has 1 saturated carbocycles. The van der Waals surface area contributed by atoms with Crippen molar-refractivity contribution in [2.24, 2.45) is 5.92 Å². The molecule has 0 aromatic carbocycles. The Balaban J connectivity index is 1.78. The van der Waals surface area contributed by atoms with Gasteiger partial charge in [-0.25, -0.2) is 0 Å². The van der Waals surface area contributed by atoms with E-state index in [0.717, 1.165) is 43.7 Å². The lowest BCUT2D eigenvalue weighted by Gasteiger charge is -2.06. The molecule has 0 aliphatic heterocycles. The summed E-state index contributed by atoms with van der Waals surface area (Å²) in [6.45, 7) is 3.06. The summed E-state index contributed by atoms with van der Waals surface area (Å²) in [4.78, 5) is 16.1. The monoisotopic (exact) mass is 273 g/mol. The Morgan fingerprint density at radius 1 is 1.45 bits per heavy atom. The molecule has 1 fully saturated rings. The normalized spacial score (nSPS) is 14.4. The highest BCUT2D eigenvalue weighted by Crippen LogP contribution is 2.29. The van der Waals surface area contributed by atoms with Crippen LogP contribution in [-0.2, 0) is 4.79 Å². The summed E-state index contributed by atoms with van der Waals surface area (Å²) >= 11 is 0. The van der Waals surface area contributed by atoms with Gasteiger partial charge in [0.2, 0.25) is 11.9 Å². The van der Waals surface area contributed by atoms with Crippen molar-refractivity contribution in [3.8, 4) is 0 Å². The van der Waals surface area contributed by atoms with Gasteiger partial charge in [-0.15, -0.1) is 5.10 Å². The van der Waals surface area contributed by atoms with Crippen molar-refractivity contribution in [3.05, 3.63) is 18.2 Å². The van der Waals surface area contributed by atoms with E-state index in [1.165, 1.54) is 0 Å². The Labute approximate surface area is 117 Å². The number of aromatic nitrogens is 3. The Bertz CT molecular complexity index is 617. The van der Waals surface area contributed by atoms with E-state index >= 15 is 0 Å². The van der Waals surface area contributed by atoms with Gasteiger partial charge in [-0.1, -0.05) is 19.4 Å². The quantitative estimate of drug-likeness (QED) is 0.792. The fourth-order valence-electron chi connectivity index (χ4n) is 2.04. The summed E-state index contributed by atoms with van der Waals surface area (Å²) in [7, 11) is 0. The number of anilines is 2. The molecule has 0 saturated heterocycles. The maximum atomic E-state index is 11.7. The first-order valence-electron chi connectivity index (χ1n) is 7.18. The van der Waals surface area contributed by atoms with Crippen molar-refractivity contribution in [1.82, 2.24) is 14.6 Å². The summed E-state index contributed by atoms with van der Waals surface area (Å²) in [5.41, 5.74) is 0.734. The molecule has 106 valence electrons. The number of hydrogen-bond acceptors (Lipinski definition) is 4. The van der Waals surface area contributed by atoms with Crippen molar-refractivity contribution in [2.75, 3.05) is 17.2 Å². The molecule has 0 radical (unpaired) electrons. The molecule has 1 aliphatic carbocycles. The number of amides is 1. The maximum absolute atomic E-state index is 11.7. The number of nitrogens with zero attached hydrogens (tertiary/aromatic N) is 3. The van der Waals surface area contributed by atoms with Crippen molar-refractivity contribution in [3.63, 3.8) is 0 Å². The van der Waals surface area contributed by atoms with E-state index in [4.69, 9.17) is 0 Å². The van der Waals surface area contributed by atoms with Gasteiger partial charge in [0.1, 0.15) is 5.82 Å². The van der Waals surface area contributed by atoms with Gasteiger partial charge in [0, 0.05) is 12.5 Å². The predicted octanol–water partition coefficient (Wildman–Crippen LogP) is 2.29. The summed E-state index contributed by atoms with van der Waals surface area (Å²) in [5.74, 6) is 1.46. The molecule has 6 nitrogen and oxygen atoms in total. The van der Waals surface area contributed by atoms with Crippen LogP contribution in [0.25, 0.3) is 5.65 Å². The zero-order chi connectivity index (χ0) is 13.9. The fraction of sp³-hybridized carbons (Fsp3) is 0.500. The van der Waals surface area contributed by atoms with E-state index in [2.05, 4.69) is 27.6 Å². The van der Waals surface area contributed by atoms with Crippen molar-refractivity contribution in [2.45, 2.75) is 32.6 Å². The Hall–Kier alpha value is -2.11. The van der Waals surface area contributed by atoms with Gasteiger partial charge >= 0.3 is 0 Å². The van der Waals surface area contributed by atoms with E-state index in [1.807, 2.05) is 18.2 Å². The summed E-state index contributed by atoms with van der Waals surface area (Å²) < 4.78 is 1.73. The molecule has 0 unspecified atom stereocenters. The predicted molar refractivity (Wildman–Crippen MR) is 77.7 cm³/mol. The largest absolute Gasteiger partial charge is 0.370 e. The van der Waals surface area contributed by atoms with Crippen LogP contribution in [0.5, 0.6) is 0 Å². The van der Waals surface area contributed by atoms with E-state index in [-0.39, 0.29) is 11.8 Å². The zero-order valence-electron chi connectivity index (χ0n) is 11.6.